The lowest BCUT2D eigenvalue weighted by atomic mass is 9.95. The van der Waals surface area contributed by atoms with Gasteiger partial charge in [0.15, 0.2) is 11.5 Å². The van der Waals surface area contributed by atoms with Crippen LogP contribution in [-0.2, 0) is 5.41 Å². The van der Waals surface area contributed by atoms with Crippen LogP contribution in [-0.4, -0.2) is 20.8 Å². The predicted molar refractivity (Wildman–Crippen MR) is 67.2 cm³/mol. The molecular weight excluding hydrogens is 270 g/mol. The van der Waals surface area contributed by atoms with Crippen molar-refractivity contribution in [1.82, 2.24) is 0 Å². The van der Waals surface area contributed by atoms with E-state index in [-0.39, 0.29) is 5.41 Å². The van der Waals surface area contributed by atoms with E-state index < -0.39 is 0 Å². The average molecular weight is 286 g/mol. The van der Waals surface area contributed by atoms with Gasteiger partial charge in [-0.05, 0) is 25.0 Å². The molecule has 3 nitrogen and oxygen atoms in total. The molecule has 16 heavy (non-hydrogen) atoms. The molecule has 0 unspecified atom stereocenters. The van der Waals surface area contributed by atoms with Gasteiger partial charge in [0.25, 0.3) is 0 Å². The second kappa shape index (κ2) is 4.26. The van der Waals surface area contributed by atoms with Gasteiger partial charge in [-0.15, -0.1) is 0 Å². The molecule has 0 radical (unpaired) electrons. The zero-order valence-electron chi connectivity index (χ0n) is 9.55. The van der Waals surface area contributed by atoms with E-state index in [0.717, 1.165) is 34.4 Å². The van der Waals surface area contributed by atoms with Crippen LogP contribution in [0.25, 0.3) is 0 Å². The number of rotatable bonds is 4. The second-order valence-corrected chi connectivity index (χ2v) is 5.00. The van der Waals surface area contributed by atoms with Gasteiger partial charge in [-0.2, -0.15) is 0 Å². The highest BCUT2D eigenvalue weighted by atomic mass is 79.9. The lowest BCUT2D eigenvalue weighted by Crippen LogP contribution is -2.21. The molecule has 1 aromatic rings. The van der Waals surface area contributed by atoms with Gasteiger partial charge in [-0.1, -0.05) is 15.9 Å². The Balaban J connectivity index is 2.57. The Morgan fingerprint density at radius 1 is 1.31 bits per heavy atom. The van der Waals surface area contributed by atoms with Crippen molar-refractivity contribution in [3.8, 4) is 11.5 Å². The Hall–Kier alpha value is -0.740. The summed E-state index contributed by atoms with van der Waals surface area (Å²) in [4.78, 5) is 0. The van der Waals surface area contributed by atoms with Gasteiger partial charge in [-0.25, -0.2) is 0 Å². The van der Waals surface area contributed by atoms with Crippen LogP contribution in [0.3, 0.4) is 0 Å². The van der Waals surface area contributed by atoms with Crippen LogP contribution in [0.15, 0.2) is 16.6 Å². The average Bonchev–Trinajstić information content (AvgIpc) is 3.09. The fraction of sp³-hybridized carbons (Fsp3) is 0.500. The van der Waals surface area contributed by atoms with Crippen molar-refractivity contribution in [2.45, 2.75) is 18.3 Å². The minimum atomic E-state index is 0.0821. The molecule has 0 amide bonds. The van der Waals surface area contributed by atoms with Gasteiger partial charge in [0.2, 0.25) is 0 Å². The predicted octanol–water partition coefficient (Wildman–Crippen LogP) is 2.46. The molecule has 1 aromatic carbocycles. The first-order chi connectivity index (χ1) is 7.68. The van der Waals surface area contributed by atoms with Crippen molar-refractivity contribution in [3.63, 3.8) is 0 Å². The Kier molecular flexibility index (Phi) is 3.13. The lowest BCUT2D eigenvalue weighted by Gasteiger charge is -2.20. The van der Waals surface area contributed by atoms with Crippen LogP contribution < -0.4 is 15.2 Å². The Morgan fingerprint density at radius 2 is 2.00 bits per heavy atom. The quantitative estimate of drug-likeness (QED) is 0.924. The maximum atomic E-state index is 5.87. The topological polar surface area (TPSA) is 44.5 Å². The highest BCUT2D eigenvalue weighted by Gasteiger charge is 2.46. The largest absolute Gasteiger partial charge is 0.493 e. The molecule has 0 bridgehead atoms. The number of benzene rings is 1. The Bertz CT molecular complexity index is 402. The molecule has 88 valence electrons. The number of hydrogen-bond donors (Lipinski definition) is 1. The number of ether oxygens (including phenoxy) is 2. The van der Waals surface area contributed by atoms with Crippen LogP contribution >= 0.6 is 15.9 Å². The molecular formula is C12H16BrNO2. The van der Waals surface area contributed by atoms with Crippen molar-refractivity contribution >= 4 is 15.9 Å². The second-order valence-electron chi connectivity index (χ2n) is 4.14. The summed E-state index contributed by atoms with van der Waals surface area (Å²) in [5.41, 5.74) is 7.10. The summed E-state index contributed by atoms with van der Waals surface area (Å²) < 4.78 is 11.8. The maximum absolute atomic E-state index is 5.87. The molecule has 0 spiro atoms. The van der Waals surface area contributed by atoms with E-state index in [4.69, 9.17) is 15.2 Å². The van der Waals surface area contributed by atoms with Crippen molar-refractivity contribution in [2.75, 3.05) is 20.8 Å². The lowest BCUT2D eigenvalue weighted by molar-refractivity contribution is 0.348. The minimum Gasteiger partial charge on any atom is -0.493 e. The number of halogens is 1. The molecule has 1 fully saturated rings. The normalized spacial score (nSPS) is 17.0. The first-order valence-electron chi connectivity index (χ1n) is 5.29. The van der Waals surface area contributed by atoms with Gasteiger partial charge in [0, 0.05) is 22.0 Å². The fourth-order valence-electron chi connectivity index (χ4n) is 2.10. The van der Waals surface area contributed by atoms with E-state index in [2.05, 4.69) is 15.9 Å². The molecule has 1 aliphatic rings. The fourth-order valence-corrected chi connectivity index (χ4v) is 2.84. The highest BCUT2D eigenvalue weighted by molar-refractivity contribution is 9.10. The Morgan fingerprint density at radius 3 is 2.44 bits per heavy atom. The molecule has 0 aliphatic heterocycles. The number of hydrogen-bond acceptors (Lipinski definition) is 3. The van der Waals surface area contributed by atoms with E-state index >= 15 is 0 Å². The minimum absolute atomic E-state index is 0.0821. The van der Waals surface area contributed by atoms with Crippen LogP contribution in [0.5, 0.6) is 11.5 Å². The van der Waals surface area contributed by atoms with Crippen molar-refractivity contribution < 1.29 is 9.47 Å². The van der Waals surface area contributed by atoms with Crippen molar-refractivity contribution in [3.05, 3.63) is 22.2 Å². The standard InChI is InChI=1S/C12H16BrNO2/c1-15-9-4-3-8(13)10(11(9)16-2)12(7-14)5-6-12/h3-4H,5-7,14H2,1-2H3. The summed E-state index contributed by atoms with van der Waals surface area (Å²) in [6.07, 6.45) is 2.23. The SMILES string of the molecule is COc1ccc(Br)c(C2(CN)CC2)c1OC. The summed E-state index contributed by atoms with van der Waals surface area (Å²) in [5, 5.41) is 0. The van der Waals surface area contributed by atoms with Gasteiger partial charge in [-0.3, -0.25) is 0 Å². The maximum Gasteiger partial charge on any atom is 0.165 e. The number of methoxy groups -OCH3 is 2. The molecule has 0 aromatic heterocycles. The summed E-state index contributed by atoms with van der Waals surface area (Å²) in [6, 6.07) is 3.89. The third-order valence-electron chi connectivity index (χ3n) is 3.27. The summed E-state index contributed by atoms with van der Waals surface area (Å²) in [7, 11) is 3.32. The van der Waals surface area contributed by atoms with E-state index in [1.54, 1.807) is 14.2 Å². The molecule has 2 rings (SSSR count). The molecule has 2 N–H and O–H groups in total. The van der Waals surface area contributed by atoms with E-state index in [1.165, 1.54) is 0 Å². The molecule has 1 saturated carbocycles. The first kappa shape index (κ1) is 11.7. The van der Waals surface area contributed by atoms with Gasteiger partial charge >= 0.3 is 0 Å². The van der Waals surface area contributed by atoms with Gasteiger partial charge in [0.05, 0.1) is 14.2 Å². The van der Waals surface area contributed by atoms with Crippen molar-refractivity contribution in [1.29, 1.82) is 0 Å². The third kappa shape index (κ3) is 1.70. The highest BCUT2D eigenvalue weighted by Crippen LogP contribution is 2.55. The summed E-state index contributed by atoms with van der Waals surface area (Å²) in [6.45, 7) is 0.648. The monoisotopic (exact) mass is 285 g/mol. The van der Waals surface area contributed by atoms with Crippen LogP contribution in [0.2, 0.25) is 0 Å². The first-order valence-corrected chi connectivity index (χ1v) is 6.09. The summed E-state index contributed by atoms with van der Waals surface area (Å²) in [5.74, 6) is 1.57. The van der Waals surface area contributed by atoms with E-state index in [1.807, 2.05) is 12.1 Å². The summed E-state index contributed by atoms with van der Waals surface area (Å²) >= 11 is 3.58. The van der Waals surface area contributed by atoms with E-state index in [0.29, 0.717) is 6.54 Å². The molecule has 1 aliphatic carbocycles. The molecule has 0 atom stereocenters. The van der Waals surface area contributed by atoms with E-state index in [9.17, 15) is 0 Å². The van der Waals surface area contributed by atoms with Crippen LogP contribution in [0, 0.1) is 0 Å². The zero-order valence-corrected chi connectivity index (χ0v) is 11.1. The smallest absolute Gasteiger partial charge is 0.165 e. The number of nitrogens with two attached hydrogens (primary N) is 1. The van der Waals surface area contributed by atoms with Gasteiger partial charge < -0.3 is 15.2 Å². The van der Waals surface area contributed by atoms with Crippen LogP contribution in [0.4, 0.5) is 0 Å². The molecule has 0 saturated heterocycles. The Labute approximate surface area is 104 Å². The third-order valence-corrected chi connectivity index (χ3v) is 3.93. The van der Waals surface area contributed by atoms with Crippen molar-refractivity contribution in [2.24, 2.45) is 5.73 Å². The zero-order chi connectivity index (χ0) is 11.8. The molecule has 0 heterocycles. The molecule has 4 heteroatoms. The van der Waals surface area contributed by atoms with Crippen LogP contribution in [0.1, 0.15) is 18.4 Å². The van der Waals surface area contributed by atoms with Gasteiger partial charge in [0.1, 0.15) is 0 Å².